The van der Waals surface area contributed by atoms with Crippen molar-refractivity contribution in [2.24, 2.45) is 11.7 Å². The van der Waals surface area contributed by atoms with E-state index >= 15 is 0 Å². The summed E-state index contributed by atoms with van der Waals surface area (Å²) in [4.78, 5) is 25.5. The molecule has 1 aliphatic carbocycles. The number of hydrogen-bond donors (Lipinski definition) is 2. The minimum atomic E-state index is -3.04. The molecule has 138 valence electrons. The molecule has 1 aromatic heterocycles. The molecule has 0 fully saturated rings. The number of hydrogen-bond acceptors (Lipinski definition) is 4. The van der Waals surface area contributed by atoms with Crippen LogP contribution in [0.2, 0.25) is 0 Å². The normalized spacial score (nSPS) is 16.2. The van der Waals surface area contributed by atoms with Gasteiger partial charge in [-0.2, -0.15) is 8.78 Å². The van der Waals surface area contributed by atoms with Gasteiger partial charge in [0.2, 0.25) is 0 Å². The predicted molar refractivity (Wildman–Crippen MR) is 95.1 cm³/mol. The Labute approximate surface area is 153 Å². The summed E-state index contributed by atoms with van der Waals surface area (Å²) >= 11 is 1.32. The molecule has 3 rings (SSSR count). The molecule has 3 N–H and O–H groups in total. The summed E-state index contributed by atoms with van der Waals surface area (Å²) < 4.78 is 29.5. The molecule has 0 saturated carbocycles. The largest absolute Gasteiger partial charge is 0.434 e. The zero-order valence-electron chi connectivity index (χ0n) is 14.1. The number of benzene rings is 1. The predicted octanol–water partition coefficient (Wildman–Crippen LogP) is 3.83. The van der Waals surface area contributed by atoms with Crippen LogP contribution in [0.1, 0.15) is 44.5 Å². The molecule has 1 aromatic carbocycles. The van der Waals surface area contributed by atoms with Crippen molar-refractivity contribution in [3.63, 3.8) is 0 Å². The third-order valence-corrected chi connectivity index (χ3v) is 5.50. The Morgan fingerprint density at radius 1 is 1.35 bits per heavy atom. The van der Waals surface area contributed by atoms with Crippen LogP contribution in [0.25, 0.3) is 0 Å². The van der Waals surface area contributed by atoms with Crippen LogP contribution in [0, 0.1) is 5.92 Å². The third kappa shape index (κ3) is 3.70. The quantitative estimate of drug-likeness (QED) is 0.827. The molecule has 0 spiro atoms. The second kappa shape index (κ2) is 7.41. The Hall–Kier alpha value is -2.48. The van der Waals surface area contributed by atoms with Gasteiger partial charge in [-0.25, -0.2) is 0 Å². The molecular formula is C18H18F2N2O3S. The lowest BCUT2D eigenvalue weighted by Gasteiger charge is -2.18. The van der Waals surface area contributed by atoms with Crippen LogP contribution in [0.15, 0.2) is 24.3 Å². The molecule has 1 atom stereocenters. The smallest absolute Gasteiger partial charge is 0.387 e. The van der Waals surface area contributed by atoms with E-state index in [0.29, 0.717) is 16.5 Å². The van der Waals surface area contributed by atoms with Crippen molar-refractivity contribution >= 4 is 28.2 Å². The van der Waals surface area contributed by atoms with Crippen molar-refractivity contribution in [3.05, 3.63) is 45.8 Å². The van der Waals surface area contributed by atoms with Crippen molar-refractivity contribution in [1.29, 1.82) is 0 Å². The van der Waals surface area contributed by atoms with Crippen molar-refractivity contribution in [2.75, 3.05) is 5.32 Å². The maximum absolute atomic E-state index is 12.6. The van der Waals surface area contributed by atoms with Crippen LogP contribution in [-0.2, 0) is 12.8 Å². The summed E-state index contributed by atoms with van der Waals surface area (Å²) in [6, 6.07) is 5.71. The average Bonchev–Trinajstić information content (AvgIpc) is 2.91. The molecular weight excluding hydrogens is 362 g/mol. The van der Waals surface area contributed by atoms with Gasteiger partial charge < -0.3 is 15.8 Å². The Morgan fingerprint density at radius 2 is 2.08 bits per heavy atom. The van der Waals surface area contributed by atoms with E-state index in [0.717, 1.165) is 29.7 Å². The number of fused-ring (bicyclic) bond motifs is 1. The number of amides is 2. The topological polar surface area (TPSA) is 81.4 Å². The summed E-state index contributed by atoms with van der Waals surface area (Å²) in [6.07, 6.45) is 2.50. The number of anilines is 1. The van der Waals surface area contributed by atoms with Crippen LogP contribution < -0.4 is 15.8 Å². The number of carbonyl (C=O) groups excluding carboxylic acids is 2. The fourth-order valence-electron chi connectivity index (χ4n) is 3.12. The van der Waals surface area contributed by atoms with Gasteiger partial charge in [0.15, 0.2) is 0 Å². The number of alkyl halides is 2. The second-order valence-electron chi connectivity index (χ2n) is 6.25. The molecule has 0 saturated heterocycles. The van der Waals surface area contributed by atoms with E-state index in [1.54, 1.807) is 6.07 Å². The van der Waals surface area contributed by atoms with Gasteiger partial charge in [0, 0.05) is 4.88 Å². The van der Waals surface area contributed by atoms with Gasteiger partial charge in [-0.3, -0.25) is 9.59 Å². The van der Waals surface area contributed by atoms with E-state index < -0.39 is 18.4 Å². The van der Waals surface area contributed by atoms with E-state index in [4.69, 9.17) is 5.73 Å². The highest BCUT2D eigenvalue weighted by atomic mass is 32.1. The van der Waals surface area contributed by atoms with Gasteiger partial charge in [-0.05, 0) is 42.9 Å². The first kappa shape index (κ1) is 18.3. The standard InChI is InChI=1S/C18H18F2N2O3S/c1-9-6-7-11-13(8-9)26-17(14(11)15(21)23)22-16(24)10-4-2-3-5-12(10)25-18(19)20/h2-5,9,18H,6-8H2,1H3,(H2,21,23)(H,22,24)/t9-/m1/s1. The fraction of sp³-hybridized carbons (Fsp3) is 0.333. The zero-order valence-corrected chi connectivity index (χ0v) is 14.9. The van der Waals surface area contributed by atoms with E-state index in [1.807, 2.05) is 0 Å². The van der Waals surface area contributed by atoms with Crippen LogP contribution in [0.5, 0.6) is 5.75 Å². The van der Waals surface area contributed by atoms with Gasteiger partial charge in [0.05, 0.1) is 11.1 Å². The summed E-state index contributed by atoms with van der Waals surface area (Å²) in [5.41, 5.74) is 6.68. The highest BCUT2D eigenvalue weighted by molar-refractivity contribution is 7.17. The minimum absolute atomic E-state index is 0.0389. The van der Waals surface area contributed by atoms with Gasteiger partial charge in [0.25, 0.3) is 11.8 Å². The van der Waals surface area contributed by atoms with Crippen LogP contribution in [-0.4, -0.2) is 18.4 Å². The number of rotatable bonds is 5. The van der Waals surface area contributed by atoms with Gasteiger partial charge in [-0.15, -0.1) is 11.3 Å². The molecule has 0 radical (unpaired) electrons. The second-order valence-corrected chi connectivity index (χ2v) is 7.35. The number of nitrogens with two attached hydrogens (primary N) is 1. The first-order valence-corrected chi connectivity index (χ1v) is 8.98. The van der Waals surface area contributed by atoms with Crippen LogP contribution >= 0.6 is 11.3 Å². The Bertz CT molecular complexity index is 851. The molecule has 1 aliphatic rings. The number of halogens is 2. The Kier molecular flexibility index (Phi) is 5.22. The van der Waals surface area contributed by atoms with Crippen LogP contribution in [0.3, 0.4) is 0 Å². The molecule has 0 bridgehead atoms. The number of ether oxygens (including phenoxy) is 1. The van der Waals surface area contributed by atoms with E-state index in [-0.39, 0.29) is 11.3 Å². The number of nitrogens with one attached hydrogen (secondary N) is 1. The number of thiophene rings is 1. The summed E-state index contributed by atoms with van der Waals surface area (Å²) in [5.74, 6) is -0.971. The lowest BCUT2D eigenvalue weighted by Crippen LogP contribution is -2.20. The summed E-state index contributed by atoms with van der Waals surface area (Å²) in [6.45, 7) is -0.913. The fourth-order valence-corrected chi connectivity index (χ4v) is 4.53. The molecule has 0 aliphatic heterocycles. The van der Waals surface area contributed by atoms with E-state index in [9.17, 15) is 18.4 Å². The van der Waals surface area contributed by atoms with Crippen molar-refractivity contribution in [2.45, 2.75) is 32.8 Å². The maximum Gasteiger partial charge on any atom is 0.387 e. The average molecular weight is 380 g/mol. The molecule has 1 heterocycles. The molecule has 26 heavy (non-hydrogen) atoms. The molecule has 2 amide bonds. The van der Waals surface area contributed by atoms with E-state index in [1.165, 1.54) is 29.5 Å². The molecule has 5 nitrogen and oxygen atoms in total. The monoisotopic (exact) mass is 380 g/mol. The number of para-hydroxylation sites is 1. The van der Waals surface area contributed by atoms with Crippen molar-refractivity contribution in [3.8, 4) is 5.75 Å². The first-order chi connectivity index (χ1) is 12.4. The first-order valence-electron chi connectivity index (χ1n) is 8.16. The van der Waals surface area contributed by atoms with Crippen molar-refractivity contribution in [1.82, 2.24) is 0 Å². The third-order valence-electron chi connectivity index (χ3n) is 4.33. The lowest BCUT2D eigenvalue weighted by atomic mass is 9.88. The summed E-state index contributed by atoms with van der Waals surface area (Å²) in [7, 11) is 0. The molecule has 2 aromatic rings. The zero-order chi connectivity index (χ0) is 18.8. The Morgan fingerprint density at radius 3 is 2.77 bits per heavy atom. The number of primary amides is 1. The highest BCUT2D eigenvalue weighted by Gasteiger charge is 2.28. The molecule has 8 heteroatoms. The van der Waals surface area contributed by atoms with Gasteiger partial charge in [-0.1, -0.05) is 19.1 Å². The van der Waals surface area contributed by atoms with E-state index in [2.05, 4.69) is 17.0 Å². The lowest BCUT2D eigenvalue weighted by molar-refractivity contribution is -0.0501. The minimum Gasteiger partial charge on any atom is -0.434 e. The summed E-state index contributed by atoms with van der Waals surface area (Å²) in [5, 5.41) is 3.00. The number of carbonyl (C=O) groups is 2. The SMILES string of the molecule is C[C@@H]1CCc2c(sc(NC(=O)c3ccccc3OC(F)F)c2C(N)=O)C1. The Balaban J connectivity index is 1.92. The maximum atomic E-state index is 12.6. The molecule has 0 unspecified atom stereocenters. The van der Waals surface area contributed by atoms with Gasteiger partial charge in [0.1, 0.15) is 10.8 Å². The van der Waals surface area contributed by atoms with Crippen molar-refractivity contribution < 1.29 is 23.1 Å². The van der Waals surface area contributed by atoms with Gasteiger partial charge >= 0.3 is 6.61 Å². The highest BCUT2D eigenvalue weighted by Crippen LogP contribution is 2.39. The van der Waals surface area contributed by atoms with Crippen LogP contribution in [0.4, 0.5) is 13.8 Å².